The zero-order valence-electron chi connectivity index (χ0n) is 11.7. The third-order valence-electron chi connectivity index (χ3n) is 3.68. The van der Waals surface area contributed by atoms with Crippen molar-refractivity contribution in [3.05, 3.63) is 34.3 Å². The number of nitrogens with zero attached hydrogens (tertiary/aromatic N) is 2. The average molecular weight is 360 g/mol. The fourth-order valence-corrected chi connectivity index (χ4v) is 3.10. The van der Waals surface area contributed by atoms with Gasteiger partial charge in [-0.15, -0.1) is 0 Å². The maximum Gasteiger partial charge on any atom is 0.253 e. The van der Waals surface area contributed by atoms with Crippen molar-refractivity contribution in [1.29, 1.82) is 0 Å². The fraction of sp³-hybridized carbons (Fsp3) is 0.533. The summed E-state index contributed by atoms with van der Waals surface area (Å²) in [5, 5.41) is 1.69. The lowest BCUT2D eigenvalue weighted by Gasteiger charge is -2.21. The highest BCUT2D eigenvalue weighted by Gasteiger charge is 2.20. The summed E-state index contributed by atoms with van der Waals surface area (Å²) in [6, 6.07) is 5.50. The predicted molar refractivity (Wildman–Crippen MR) is 86.9 cm³/mol. The fourth-order valence-electron chi connectivity index (χ4n) is 2.48. The van der Waals surface area contributed by atoms with Gasteiger partial charge in [-0.3, -0.25) is 4.79 Å². The molecule has 0 aromatic heterocycles. The van der Waals surface area contributed by atoms with E-state index in [0.29, 0.717) is 5.02 Å². The van der Waals surface area contributed by atoms with Gasteiger partial charge in [0, 0.05) is 42.1 Å². The molecule has 20 heavy (non-hydrogen) atoms. The van der Waals surface area contributed by atoms with E-state index in [0.717, 1.165) is 55.6 Å². The van der Waals surface area contributed by atoms with Gasteiger partial charge in [0.1, 0.15) is 0 Å². The van der Waals surface area contributed by atoms with Gasteiger partial charge in [-0.1, -0.05) is 27.5 Å². The van der Waals surface area contributed by atoms with Crippen molar-refractivity contribution in [3.8, 4) is 0 Å². The Kier molecular flexibility index (Phi) is 5.87. The highest BCUT2D eigenvalue weighted by Crippen LogP contribution is 2.18. The smallest absolute Gasteiger partial charge is 0.253 e. The van der Waals surface area contributed by atoms with Gasteiger partial charge in [0.15, 0.2) is 0 Å². The van der Waals surface area contributed by atoms with Gasteiger partial charge in [-0.2, -0.15) is 0 Å². The summed E-state index contributed by atoms with van der Waals surface area (Å²) in [6.45, 7) is 6.62. The lowest BCUT2D eigenvalue weighted by Crippen LogP contribution is -2.35. The molecular weight excluding hydrogens is 340 g/mol. The molecule has 1 fully saturated rings. The number of amides is 1. The number of aryl methyl sites for hydroxylation is 1. The molecule has 0 unspecified atom stereocenters. The van der Waals surface area contributed by atoms with Crippen LogP contribution in [0.2, 0.25) is 5.02 Å². The van der Waals surface area contributed by atoms with Crippen LogP contribution in [-0.4, -0.2) is 53.8 Å². The third-order valence-corrected chi connectivity index (χ3v) is 4.46. The molecule has 110 valence electrons. The van der Waals surface area contributed by atoms with Crippen molar-refractivity contribution in [2.75, 3.05) is 38.1 Å². The minimum absolute atomic E-state index is 0.116. The summed E-state index contributed by atoms with van der Waals surface area (Å²) in [7, 11) is 0. The van der Waals surface area contributed by atoms with Crippen LogP contribution in [0, 0.1) is 6.92 Å². The van der Waals surface area contributed by atoms with Crippen LogP contribution < -0.4 is 0 Å². The molecule has 0 saturated carbocycles. The second-order valence-corrected chi connectivity index (χ2v) is 6.34. The summed E-state index contributed by atoms with van der Waals surface area (Å²) >= 11 is 9.49. The van der Waals surface area contributed by atoms with E-state index in [4.69, 9.17) is 11.6 Å². The highest BCUT2D eigenvalue weighted by molar-refractivity contribution is 9.09. The van der Waals surface area contributed by atoms with E-state index in [1.165, 1.54) is 0 Å². The second kappa shape index (κ2) is 7.43. The molecule has 1 aliphatic rings. The standard InChI is InChI=1S/C15H20BrClN2O/c1-12-11-13(3-4-14(12)17)15(20)19-7-2-6-18(8-5-16)9-10-19/h3-4,11H,2,5-10H2,1H3. The van der Waals surface area contributed by atoms with Gasteiger partial charge in [0.05, 0.1) is 0 Å². The SMILES string of the molecule is Cc1cc(C(=O)N2CCCN(CCBr)CC2)ccc1Cl. The molecule has 0 bridgehead atoms. The molecule has 5 heteroatoms. The van der Waals surface area contributed by atoms with Crippen LogP contribution in [0.1, 0.15) is 22.3 Å². The molecular formula is C15H20BrClN2O. The normalized spacial score (nSPS) is 17.1. The van der Waals surface area contributed by atoms with E-state index in [1.807, 2.05) is 24.0 Å². The number of hydrogen-bond acceptors (Lipinski definition) is 2. The van der Waals surface area contributed by atoms with E-state index in [2.05, 4.69) is 20.8 Å². The molecule has 1 aliphatic heterocycles. The summed E-state index contributed by atoms with van der Waals surface area (Å²) < 4.78 is 0. The van der Waals surface area contributed by atoms with E-state index in [-0.39, 0.29) is 5.91 Å². The predicted octanol–water partition coefficient (Wildman–Crippen LogP) is 3.19. The second-order valence-electron chi connectivity index (χ2n) is 5.14. The Morgan fingerprint density at radius 2 is 2.10 bits per heavy atom. The molecule has 1 aromatic rings. The van der Waals surface area contributed by atoms with E-state index in [9.17, 15) is 4.79 Å². The Morgan fingerprint density at radius 1 is 1.30 bits per heavy atom. The largest absolute Gasteiger partial charge is 0.337 e. The van der Waals surface area contributed by atoms with Gasteiger partial charge in [-0.25, -0.2) is 0 Å². The van der Waals surface area contributed by atoms with Gasteiger partial charge >= 0.3 is 0 Å². The molecule has 0 spiro atoms. The first-order valence-electron chi connectivity index (χ1n) is 6.95. The Bertz CT molecular complexity index is 481. The van der Waals surface area contributed by atoms with Gasteiger partial charge in [0.25, 0.3) is 5.91 Å². The first-order valence-corrected chi connectivity index (χ1v) is 8.45. The van der Waals surface area contributed by atoms with Crippen LogP contribution >= 0.6 is 27.5 Å². The van der Waals surface area contributed by atoms with Crippen molar-refractivity contribution in [1.82, 2.24) is 9.80 Å². The number of benzene rings is 1. The number of rotatable bonds is 3. The molecule has 1 heterocycles. The van der Waals surface area contributed by atoms with Crippen molar-refractivity contribution in [2.45, 2.75) is 13.3 Å². The lowest BCUT2D eigenvalue weighted by atomic mass is 10.1. The molecule has 0 atom stereocenters. The number of carbonyl (C=O) groups excluding carboxylic acids is 1. The van der Waals surface area contributed by atoms with Crippen LogP contribution in [0.25, 0.3) is 0 Å². The van der Waals surface area contributed by atoms with Crippen molar-refractivity contribution in [2.24, 2.45) is 0 Å². The number of alkyl halides is 1. The molecule has 3 nitrogen and oxygen atoms in total. The van der Waals surface area contributed by atoms with Gasteiger partial charge in [-0.05, 0) is 43.7 Å². The first kappa shape index (κ1) is 15.8. The first-order chi connectivity index (χ1) is 9.61. The monoisotopic (exact) mass is 358 g/mol. The zero-order chi connectivity index (χ0) is 14.5. The molecule has 0 radical (unpaired) electrons. The summed E-state index contributed by atoms with van der Waals surface area (Å²) in [6.07, 6.45) is 1.03. The van der Waals surface area contributed by atoms with Gasteiger partial charge in [0.2, 0.25) is 0 Å². The van der Waals surface area contributed by atoms with E-state index >= 15 is 0 Å². The Morgan fingerprint density at radius 3 is 2.80 bits per heavy atom. The van der Waals surface area contributed by atoms with Crippen LogP contribution in [-0.2, 0) is 0 Å². The molecule has 0 aliphatic carbocycles. The van der Waals surface area contributed by atoms with Crippen LogP contribution in [0.4, 0.5) is 0 Å². The van der Waals surface area contributed by atoms with Crippen LogP contribution in [0.5, 0.6) is 0 Å². The summed E-state index contributed by atoms with van der Waals surface area (Å²) in [4.78, 5) is 16.9. The van der Waals surface area contributed by atoms with Crippen molar-refractivity contribution in [3.63, 3.8) is 0 Å². The average Bonchev–Trinajstić information content (AvgIpc) is 2.67. The molecule has 1 amide bonds. The van der Waals surface area contributed by atoms with Crippen LogP contribution in [0.15, 0.2) is 18.2 Å². The van der Waals surface area contributed by atoms with Crippen molar-refractivity contribution < 1.29 is 4.79 Å². The number of carbonyl (C=O) groups is 1. The van der Waals surface area contributed by atoms with E-state index in [1.54, 1.807) is 6.07 Å². The Hall–Kier alpha value is -0.580. The topological polar surface area (TPSA) is 23.6 Å². The number of hydrogen-bond donors (Lipinski definition) is 0. The van der Waals surface area contributed by atoms with E-state index < -0.39 is 0 Å². The zero-order valence-corrected chi connectivity index (χ0v) is 14.1. The maximum atomic E-state index is 12.5. The summed E-state index contributed by atoms with van der Waals surface area (Å²) in [5.74, 6) is 0.116. The molecule has 1 aromatic carbocycles. The quantitative estimate of drug-likeness (QED) is 0.774. The molecule has 0 N–H and O–H groups in total. The number of halogens is 2. The minimum atomic E-state index is 0.116. The molecule has 1 saturated heterocycles. The summed E-state index contributed by atoms with van der Waals surface area (Å²) in [5.41, 5.74) is 1.69. The van der Waals surface area contributed by atoms with Crippen LogP contribution in [0.3, 0.4) is 0 Å². The Balaban J connectivity index is 2.03. The highest BCUT2D eigenvalue weighted by atomic mass is 79.9. The minimum Gasteiger partial charge on any atom is -0.337 e. The Labute approximate surface area is 134 Å². The lowest BCUT2D eigenvalue weighted by molar-refractivity contribution is 0.0762. The maximum absolute atomic E-state index is 12.5. The third kappa shape index (κ3) is 3.96. The van der Waals surface area contributed by atoms with Gasteiger partial charge < -0.3 is 9.80 Å². The molecule has 2 rings (SSSR count). The van der Waals surface area contributed by atoms with Crippen molar-refractivity contribution >= 4 is 33.4 Å².